The van der Waals surface area contributed by atoms with Gasteiger partial charge in [-0.25, -0.2) is 0 Å². The summed E-state index contributed by atoms with van der Waals surface area (Å²) in [6, 6.07) is 7.91. The molecule has 2 rings (SSSR count). The van der Waals surface area contributed by atoms with Gasteiger partial charge in [0.1, 0.15) is 11.9 Å². The summed E-state index contributed by atoms with van der Waals surface area (Å²) in [4.78, 5) is 0. The Morgan fingerprint density at radius 3 is 2.67 bits per heavy atom. The lowest BCUT2D eigenvalue weighted by Gasteiger charge is -2.28. The fraction of sp³-hybridized carbons (Fsp3) is 0.647. The number of aliphatic hydroxyl groups is 2. The highest BCUT2D eigenvalue weighted by Gasteiger charge is 2.39. The second kappa shape index (κ2) is 7.78. The topological polar surface area (TPSA) is 61.7 Å². The Labute approximate surface area is 127 Å². The van der Waals surface area contributed by atoms with Crippen molar-refractivity contribution < 1.29 is 14.9 Å². The molecule has 1 aliphatic carbocycles. The number of nitrogens with one attached hydrogen (secondary N) is 1. The van der Waals surface area contributed by atoms with Gasteiger partial charge in [-0.05, 0) is 49.9 Å². The lowest BCUT2D eigenvalue weighted by molar-refractivity contribution is 0.140. The van der Waals surface area contributed by atoms with Gasteiger partial charge in [0.25, 0.3) is 0 Å². The fourth-order valence-electron chi connectivity index (χ4n) is 2.98. The van der Waals surface area contributed by atoms with Gasteiger partial charge in [-0.3, -0.25) is 0 Å². The molecule has 4 heteroatoms. The fourth-order valence-corrected chi connectivity index (χ4v) is 2.98. The molecule has 1 aliphatic rings. The Morgan fingerprint density at radius 1 is 1.29 bits per heavy atom. The van der Waals surface area contributed by atoms with Crippen LogP contribution in [0.1, 0.15) is 38.2 Å². The summed E-state index contributed by atoms with van der Waals surface area (Å²) in [6.45, 7) is 3.41. The first-order valence-electron chi connectivity index (χ1n) is 7.94. The molecule has 0 radical (unpaired) electrons. The maximum Gasteiger partial charge on any atom is 0.119 e. The molecule has 2 unspecified atom stereocenters. The van der Waals surface area contributed by atoms with Crippen molar-refractivity contribution in [2.75, 3.05) is 19.8 Å². The van der Waals surface area contributed by atoms with Crippen LogP contribution in [0.3, 0.4) is 0 Å². The Morgan fingerprint density at radius 2 is 2.05 bits per heavy atom. The SMILES string of the molecule is CCCNC1(CO)CCC(Oc2ccc(CCO)cc2)C1. The Kier molecular flexibility index (Phi) is 6.03. The zero-order chi connectivity index (χ0) is 15.1. The molecule has 0 amide bonds. The van der Waals surface area contributed by atoms with Crippen molar-refractivity contribution in [2.45, 2.75) is 50.7 Å². The largest absolute Gasteiger partial charge is 0.490 e. The minimum atomic E-state index is -0.169. The quantitative estimate of drug-likeness (QED) is 0.685. The smallest absolute Gasteiger partial charge is 0.119 e. The average molecular weight is 293 g/mol. The molecule has 21 heavy (non-hydrogen) atoms. The molecule has 0 bridgehead atoms. The van der Waals surface area contributed by atoms with E-state index in [0.717, 1.165) is 43.5 Å². The van der Waals surface area contributed by atoms with Crippen molar-refractivity contribution in [3.8, 4) is 5.75 Å². The maximum atomic E-state index is 9.68. The Bertz CT molecular complexity index is 421. The van der Waals surface area contributed by atoms with Crippen LogP contribution in [-0.2, 0) is 6.42 Å². The number of ether oxygens (including phenoxy) is 1. The van der Waals surface area contributed by atoms with Crippen molar-refractivity contribution >= 4 is 0 Å². The summed E-state index contributed by atoms with van der Waals surface area (Å²) in [5, 5.41) is 22.1. The molecule has 2 atom stereocenters. The molecule has 0 aromatic heterocycles. The van der Waals surface area contributed by atoms with E-state index in [1.165, 1.54) is 0 Å². The molecule has 3 N–H and O–H groups in total. The highest BCUT2D eigenvalue weighted by Crippen LogP contribution is 2.32. The number of hydrogen-bond acceptors (Lipinski definition) is 4. The Hall–Kier alpha value is -1.10. The molecule has 1 aromatic rings. The van der Waals surface area contributed by atoms with E-state index in [2.05, 4.69) is 12.2 Å². The monoisotopic (exact) mass is 293 g/mol. The summed E-state index contributed by atoms with van der Waals surface area (Å²) in [6.07, 6.45) is 4.68. The molecular formula is C17H27NO3. The van der Waals surface area contributed by atoms with Crippen LogP contribution in [-0.4, -0.2) is 41.6 Å². The molecule has 1 fully saturated rings. The lowest BCUT2D eigenvalue weighted by atomic mass is 9.98. The van der Waals surface area contributed by atoms with Gasteiger partial charge in [-0.1, -0.05) is 19.1 Å². The second-order valence-electron chi connectivity index (χ2n) is 5.97. The molecule has 0 aliphatic heterocycles. The molecule has 0 spiro atoms. The van der Waals surface area contributed by atoms with Gasteiger partial charge in [0.15, 0.2) is 0 Å². The molecular weight excluding hydrogens is 266 g/mol. The van der Waals surface area contributed by atoms with Crippen molar-refractivity contribution in [1.29, 1.82) is 0 Å². The van der Waals surface area contributed by atoms with Gasteiger partial charge in [0.2, 0.25) is 0 Å². The minimum absolute atomic E-state index is 0.158. The molecule has 118 valence electrons. The summed E-state index contributed by atoms with van der Waals surface area (Å²) < 4.78 is 6.03. The van der Waals surface area contributed by atoms with Gasteiger partial charge in [0.05, 0.1) is 6.61 Å². The maximum absolute atomic E-state index is 9.68. The van der Waals surface area contributed by atoms with Gasteiger partial charge in [0, 0.05) is 18.6 Å². The van der Waals surface area contributed by atoms with E-state index in [4.69, 9.17) is 9.84 Å². The van der Waals surface area contributed by atoms with Gasteiger partial charge >= 0.3 is 0 Å². The van der Waals surface area contributed by atoms with Crippen molar-refractivity contribution in [2.24, 2.45) is 0 Å². The third kappa shape index (κ3) is 4.43. The van der Waals surface area contributed by atoms with Crippen LogP contribution in [0, 0.1) is 0 Å². The second-order valence-corrected chi connectivity index (χ2v) is 5.97. The summed E-state index contributed by atoms with van der Waals surface area (Å²) >= 11 is 0. The van der Waals surface area contributed by atoms with E-state index in [1.807, 2.05) is 24.3 Å². The molecule has 1 saturated carbocycles. The van der Waals surface area contributed by atoms with Crippen molar-refractivity contribution in [3.05, 3.63) is 29.8 Å². The summed E-state index contributed by atoms with van der Waals surface area (Å²) in [7, 11) is 0. The standard InChI is InChI=1S/C17H27NO3/c1-2-10-18-17(13-20)9-7-16(12-17)21-15-5-3-14(4-6-15)8-11-19/h3-6,16,18-20H,2,7-13H2,1H3. The van der Waals surface area contributed by atoms with E-state index in [9.17, 15) is 5.11 Å². The first kappa shape index (κ1) is 16.3. The molecule has 4 nitrogen and oxygen atoms in total. The van der Waals surface area contributed by atoms with E-state index in [1.54, 1.807) is 0 Å². The Balaban J connectivity index is 1.89. The highest BCUT2D eigenvalue weighted by molar-refractivity contribution is 5.27. The van der Waals surface area contributed by atoms with Gasteiger partial charge in [-0.2, -0.15) is 0 Å². The molecule has 0 heterocycles. The molecule has 0 saturated heterocycles. The van der Waals surface area contributed by atoms with Crippen LogP contribution in [0.4, 0.5) is 0 Å². The molecule has 1 aromatic carbocycles. The van der Waals surface area contributed by atoms with Crippen LogP contribution >= 0.6 is 0 Å². The summed E-state index contributed by atoms with van der Waals surface area (Å²) in [5.74, 6) is 0.867. The van der Waals surface area contributed by atoms with Crippen LogP contribution in [0.5, 0.6) is 5.75 Å². The predicted molar refractivity (Wildman–Crippen MR) is 83.6 cm³/mol. The van der Waals surface area contributed by atoms with Crippen LogP contribution < -0.4 is 10.1 Å². The first-order chi connectivity index (χ1) is 10.2. The van der Waals surface area contributed by atoms with Gasteiger partial charge < -0.3 is 20.3 Å². The number of hydrogen-bond donors (Lipinski definition) is 3. The van der Waals surface area contributed by atoms with Crippen molar-refractivity contribution in [3.63, 3.8) is 0 Å². The third-order valence-corrected chi connectivity index (χ3v) is 4.24. The zero-order valence-corrected chi connectivity index (χ0v) is 12.8. The van der Waals surface area contributed by atoms with Crippen LogP contribution in [0.25, 0.3) is 0 Å². The first-order valence-corrected chi connectivity index (χ1v) is 7.94. The lowest BCUT2D eigenvalue weighted by Crippen LogP contribution is -2.47. The van der Waals surface area contributed by atoms with E-state index in [0.29, 0.717) is 6.42 Å². The third-order valence-electron chi connectivity index (χ3n) is 4.24. The minimum Gasteiger partial charge on any atom is -0.490 e. The zero-order valence-electron chi connectivity index (χ0n) is 12.8. The predicted octanol–water partition coefficient (Wildman–Crippen LogP) is 1.88. The average Bonchev–Trinajstić information content (AvgIpc) is 2.91. The van der Waals surface area contributed by atoms with Gasteiger partial charge in [-0.15, -0.1) is 0 Å². The van der Waals surface area contributed by atoms with E-state index in [-0.39, 0.29) is 24.9 Å². The normalized spacial score (nSPS) is 25.2. The van der Waals surface area contributed by atoms with Crippen LogP contribution in [0.15, 0.2) is 24.3 Å². The van der Waals surface area contributed by atoms with E-state index < -0.39 is 0 Å². The number of rotatable bonds is 8. The number of benzene rings is 1. The highest BCUT2D eigenvalue weighted by atomic mass is 16.5. The van der Waals surface area contributed by atoms with Crippen molar-refractivity contribution in [1.82, 2.24) is 5.32 Å². The van der Waals surface area contributed by atoms with E-state index >= 15 is 0 Å². The number of aliphatic hydroxyl groups excluding tert-OH is 2. The van der Waals surface area contributed by atoms with Crippen LogP contribution in [0.2, 0.25) is 0 Å². The summed E-state index contributed by atoms with van der Waals surface area (Å²) in [5.41, 5.74) is 0.947.